The number of fused-ring (bicyclic) bond motifs is 1. The number of hydrogen-bond acceptors (Lipinski definition) is 6. The lowest BCUT2D eigenvalue weighted by Gasteiger charge is -2.13. The van der Waals surface area contributed by atoms with Crippen LogP contribution in [0.2, 0.25) is 0 Å². The Morgan fingerprint density at radius 3 is 2.91 bits per heavy atom. The van der Waals surface area contributed by atoms with Crippen LogP contribution in [-0.4, -0.2) is 11.6 Å². The van der Waals surface area contributed by atoms with Gasteiger partial charge in [0.05, 0.1) is 22.6 Å². The average Bonchev–Trinajstić information content (AvgIpc) is 3.03. The highest BCUT2D eigenvalue weighted by Gasteiger charge is 2.18. The number of nitriles is 1. The Balaban J connectivity index is 2.34. The lowest BCUT2D eigenvalue weighted by molar-refractivity contribution is 0.341. The highest BCUT2D eigenvalue weighted by atomic mass is 32.1. The molecule has 0 aliphatic rings. The van der Waals surface area contributed by atoms with Crippen LogP contribution in [0.5, 0.6) is 5.75 Å². The Hall–Kier alpha value is -2.62. The molecule has 0 atom stereocenters. The third kappa shape index (κ3) is 2.26. The van der Waals surface area contributed by atoms with Gasteiger partial charge < -0.3 is 10.2 Å². The summed E-state index contributed by atoms with van der Waals surface area (Å²) in [6.07, 6.45) is 0. The molecule has 0 amide bonds. The lowest BCUT2D eigenvalue weighted by Crippen LogP contribution is -2.10. The number of para-hydroxylation sites is 1. The van der Waals surface area contributed by atoms with Gasteiger partial charge in [0.2, 0.25) is 0 Å². The van der Waals surface area contributed by atoms with Crippen molar-refractivity contribution in [1.82, 2.24) is 4.98 Å². The van der Waals surface area contributed by atoms with Crippen molar-refractivity contribution in [3.63, 3.8) is 0 Å². The maximum absolute atomic E-state index is 9.60. The standard InChI is InChI=1S/C16H14N4OS/c1-2-21-13-6-4-3-5-10(13)14-12(9-17)15-11(7-8-22-15)16(19-14)20-18/h3-8H,2,18H2,1H3,(H,19,20). The van der Waals surface area contributed by atoms with Gasteiger partial charge in [-0.1, -0.05) is 12.1 Å². The molecule has 2 heterocycles. The van der Waals surface area contributed by atoms with Crippen molar-refractivity contribution in [2.75, 3.05) is 12.0 Å². The van der Waals surface area contributed by atoms with Crippen LogP contribution >= 0.6 is 11.3 Å². The van der Waals surface area contributed by atoms with Gasteiger partial charge in [-0.2, -0.15) is 5.26 Å². The molecule has 0 aliphatic heterocycles. The Labute approximate surface area is 131 Å². The van der Waals surface area contributed by atoms with Gasteiger partial charge in [0.1, 0.15) is 17.6 Å². The zero-order valence-electron chi connectivity index (χ0n) is 12.0. The summed E-state index contributed by atoms with van der Waals surface area (Å²) in [5.41, 5.74) is 4.52. The number of thiophene rings is 1. The summed E-state index contributed by atoms with van der Waals surface area (Å²) in [7, 11) is 0. The minimum atomic E-state index is 0.538. The van der Waals surface area contributed by atoms with Crippen LogP contribution in [0.1, 0.15) is 12.5 Å². The number of pyridine rings is 1. The summed E-state index contributed by atoms with van der Waals surface area (Å²) in [6.45, 7) is 2.47. The number of nitrogens with two attached hydrogens (primary N) is 1. The fourth-order valence-electron chi connectivity index (χ4n) is 2.38. The average molecular weight is 310 g/mol. The molecule has 0 radical (unpaired) electrons. The van der Waals surface area contributed by atoms with E-state index in [1.165, 1.54) is 11.3 Å². The van der Waals surface area contributed by atoms with Gasteiger partial charge in [-0.25, -0.2) is 10.8 Å². The molecule has 3 N–H and O–H groups in total. The van der Waals surface area contributed by atoms with Crippen LogP contribution in [0.4, 0.5) is 5.82 Å². The summed E-state index contributed by atoms with van der Waals surface area (Å²) in [5, 5.41) is 12.4. The highest BCUT2D eigenvalue weighted by Crippen LogP contribution is 2.38. The number of anilines is 1. The van der Waals surface area contributed by atoms with E-state index >= 15 is 0 Å². The van der Waals surface area contributed by atoms with Crippen molar-refractivity contribution in [3.05, 3.63) is 41.3 Å². The fraction of sp³-hybridized carbons (Fsp3) is 0.125. The van der Waals surface area contributed by atoms with Crippen molar-refractivity contribution in [2.24, 2.45) is 5.84 Å². The second-order valence-corrected chi connectivity index (χ2v) is 5.45. The molecule has 0 saturated heterocycles. The predicted octanol–water partition coefficient (Wildman–Crippen LogP) is 3.52. The van der Waals surface area contributed by atoms with Crippen molar-refractivity contribution >= 4 is 27.2 Å². The summed E-state index contributed by atoms with van der Waals surface area (Å²) >= 11 is 1.50. The zero-order chi connectivity index (χ0) is 15.5. The third-order valence-corrected chi connectivity index (χ3v) is 4.23. The molecule has 3 rings (SSSR count). The van der Waals surface area contributed by atoms with Crippen LogP contribution in [0.15, 0.2) is 35.7 Å². The molecule has 0 saturated carbocycles. The largest absolute Gasteiger partial charge is 0.493 e. The van der Waals surface area contributed by atoms with Crippen LogP contribution < -0.4 is 16.0 Å². The molecular formula is C16H14N4OS. The predicted molar refractivity (Wildman–Crippen MR) is 88.8 cm³/mol. The molecule has 0 spiro atoms. The molecule has 3 aromatic rings. The van der Waals surface area contributed by atoms with Crippen LogP contribution in [0.3, 0.4) is 0 Å². The minimum Gasteiger partial charge on any atom is -0.493 e. The summed E-state index contributed by atoms with van der Waals surface area (Å²) in [4.78, 5) is 4.54. The first-order valence-corrected chi connectivity index (χ1v) is 7.68. The molecule has 0 unspecified atom stereocenters. The normalized spacial score (nSPS) is 10.4. The number of aromatic nitrogens is 1. The van der Waals surface area contributed by atoms with Crippen LogP contribution in [-0.2, 0) is 0 Å². The first-order chi connectivity index (χ1) is 10.8. The molecule has 110 valence electrons. The number of ether oxygens (including phenoxy) is 1. The van der Waals surface area contributed by atoms with E-state index in [0.717, 1.165) is 15.6 Å². The van der Waals surface area contributed by atoms with E-state index in [2.05, 4.69) is 16.5 Å². The topological polar surface area (TPSA) is 84.0 Å². The maximum Gasteiger partial charge on any atom is 0.149 e. The van der Waals surface area contributed by atoms with Gasteiger partial charge in [-0.05, 0) is 30.5 Å². The van der Waals surface area contributed by atoms with E-state index in [-0.39, 0.29) is 0 Å². The van der Waals surface area contributed by atoms with E-state index in [4.69, 9.17) is 10.6 Å². The minimum absolute atomic E-state index is 0.538. The molecule has 5 nitrogen and oxygen atoms in total. The van der Waals surface area contributed by atoms with Gasteiger partial charge in [0.25, 0.3) is 0 Å². The van der Waals surface area contributed by atoms with Gasteiger partial charge in [0, 0.05) is 10.9 Å². The summed E-state index contributed by atoms with van der Waals surface area (Å²) in [5.74, 6) is 6.84. The van der Waals surface area contributed by atoms with Crippen LogP contribution in [0.25, 0.3) is 21.3 Å². The molecule has 6 heteroatoms. The number of rotatable bonds is 4. The second-order valence-electron chi connectivity index (χ2n) is 4.53. The molecule has 22 heavy (non-hydrogen) atoms. The smallest absolute Gasteiger partial charge is 0.149 e. The third-order valence-electron chi connectivity index (χ3n) is 3.30. The number of nitrogen functional groups attached to an aromatic ring is 1. The highest BCUT2D eigenvalue weighted by molar-refractivity contribution is 7.17. The van der Waals surface area contributed by atoms with E-state index in [9.17, 15) is 5.26 Å². The van der Waals surface area contributed by atoms with Gasteiger partial charge in [-0.3, -0.25) is 0 Å². The number of hydrogen-bond donors (Lipinski definition) is 2. The first-order valence-electron chi connectivity index (χ1n) is 6.80. The molecule has 0 bridgehead atoms. The Kier molecular flexibility index (Phi) is 3.92. The van der Waals surface area contributed by atoms with E-state index in [0.29, 0.717) is 29.4 Å². The molecule has 2 aromatic heterocycles. The van der Waals surface area contributed by atoms with Crippen molar-refractivity contribution in [3.8, 4) is 23.1 Å². The van der Waals surface area contributed by atoms with Gasteiger partial charge in [-0.15, -0.1) is 11.3 Å². The van der Waals surface area contributed by atoms with Crippen molar-refractivity contribution in [1.29, 1.82) is 5.26 Å². The Bertz CT molecular complexity index is 866. The number of nitrogens with zero attached hydrogens (tertiary/aromatic N) is 2. The Morgan fingerprint density at radius 1 is 1.36 bits per heavy atom. The van der Waals surface area contributed by atoms with Gasteiger partial charge >= 0.3 is 0 Å². The SMILES string of the molecule is CCOc1ccccc1-c1nc(NN)c2ccsc2c1C#N. The number of hydrazine groups is 1. The number of nitrogens with one attached hydrogen (secondary N) is 1. The summed E-state index contributed by atoms with van der Waals surface area (Å²) in [6, 6.07) is 11.7. The lowest BCUT2D eigenvalue weighted by atomic mass is 10.0. The van der Waals surface area contributed by atoms with Crippen molar-refractivity contribution < 1.29 is 4.74 Å². The number of benzene rings is 1. The van der Waals surface area contributed by atoms with E-state index < -0.39 is 0 Å². The second kappa shape index (κ2) is 6.02. The summed E-state index contributed by atoms with van der Waals surface area (Å²) < 4.78 is 6.53. The maximum atomic E-state index is 9.60. The zero-order valence-corrected chi connectivity index (χ0v) is 12.8. The van der Waals surface area contributed by atoms with Crippen molar-refractivity contribution in [2.45, 2.75) is 6.92 Å². The molecule has 1 aromatic carbocycles. The monoisotopic (exact) mass is 310 g/mol. The molecule has 0 fully saturated rings. The van der Waals surface area contributed by atoms with Gasteiger partial charge in [0.15, 0.2) is 0 Å². The molecule has 0 aliphatic carbocycles. The Morgan fingerprint density at radius 2 is 2.18 bits per heavy atom. The quantitative estimate of drug-likeness (QED) is 0.569. The van der Waals surface area contributed by atoms with Crippen LogP contribution in [0, 0.1) is 11.3 Å². The van der Waals surface area contributed by atoms with E-state index in [1.807, 2.05) is 42.6 Å². The molecular weight excluding hydrogens is 296 g/mol. The van der Waals surface area contributed by atoms with E-state index in [1.54, 1.807) is 0 Å². The fourth-order valence-corrected chi connectivity index (χ4v) is 3.27. The first kappa shape index (κ1) is 14.3.